The highest BCUT2D eigenvalue weighted by molar-refractivity contribution is 6.83. The SMILES string of the molecule is CC(C)[Si]1(C(C)C)OC[C@H]2OC=C[C@@H](OCc3ccccc3)[C@@H]2O[Si](C(C)C)(C(C)C)O1. The molecule has 180 valence electrons. The predicted molar refractivity (Wildman–Crippen MR) is 133 cm³/mol. The lowest BCUT2D eigenvalue weighted by atomic mass is 10.1. The first-order chi connectivity index (χ1) is 15.1. The predicted octanol–water partition coefficient (Wildman–Crippen LogP) is 6.44. The average molecular weight is 479 g/mol. The molecule has 2 aliphatic heterocycles. The Morgan fingerprint density at radius 3 is 2.03 bits per heavy atom. The highest BCUT2D eigenvalue weighted by Gasteiger charge is 2.60. The van der Waals surface area contributed by atoms with Crippen LogP contribution in [-0.2, 0) is 29.0 Å². The lowest BCUT2D eigenvalue weighted by molar-refractivity contribution is -0.114. The highest BCUT2D eigenvalue weighted by Crippen LogP contribution is 2.46. The molecule has 0 bridgehead atoms. The van der Waals surface area contributed by atoms with Gasteiger partial charge >= 0.3 is 17.1 Å². The fraction of sp³-hybridized carbons (Fsp3) is 0.680. The zero-order valence-electron chi connectivity index (χ0n) is 21.0. The molecule has 0 aliphatic carbocycles. The molecule has 3 rings (SSSR count). The maximum atomic E-state index is 7.27. The minimum Gasteiger partial charge on any atom is -0.493 e. The van der Waals surface area contributed by atoms with Gasteiger partial charge in [-0.3, -0.25) is 0 Å². The molecule has 0 unspecified atom stereocenters. The summed E-state index contributed by atoms with van der Waals surface area (Å²) >= 11 is 0. The van der Waals surface area contributed by atoms with Gasteiger partial charge in [0.2, 0.25) is 0 Å². The van der Waals surface area contributed by atoms with E-state index < -0.39 is 17.1 Å². The van der Waals surface area contributed by atoms with Gasteiger partial charge in [0.1, 0.15) is 18.3 Å². The molecule has 1 fully saturated rings. The Bertz CT molecular complexity index is 734. The first-order valence-electron chi connectivity index (χ1n) is 12.1. The molecule has 0 aromatic heterocycles. The molecule has 3 atom stereocenters. The number of ether oxygens (including phenoxy) is 2. The summed E-state index contributed by atoms with van der Waals surface area (Å²) in [5.74, 6) is 0. The topological polar surface area (TPSA) is 46.2 Å². The quantitative estimate of drug-likeness (QED) is 0.422. The Labute approximate surface area is 196 Å². The van der Waals surface area contributed by atoms with Crippen LogP contribution in [0.5, 0.6) is 0 Å². The van der Waals surface area contributed by atoms with Gasteiger partial charge in [-0.25, -0.2) is 0 Å². The third-order valence-electron chi connectivity index (χ3n) is 6.83. The summed E-state index contributed by atoms with van der Waals surface area (Å²) in [6.45, 7) is 18.9. The van der Waals surface area contributed by atoms with Crippen LogP contribution < -0.4 is 0 Å². The van der Waals surface area contributed by atoms with Crippen molar-refractivity contribution in [1.82, 2.24) is 0 Å². The summed E-state index contributed by atoms with van der Waals surface area (Å²) in [5.41, 5.74) is 2.32. The summed E-state index contributed by atoms with van der Waals surface area (Å²) in [6.07, 6.45) is 3.05. The van der Waals surface area contributed by atoms with Crippen molar-refractivity contribution in [3.05, 3.63) is 48.2 Å². The van der Waals surface area contributed by atoms with Gasteiger partial charge in [0.15, 0.2) is 0 Å². The van der Waals surface area contributed by atoms with Crippen LogP contribution in [0.4, 0.5) is 0 Å². The van der Waals surface area contributed by atoms with Crippen LogP contribution in [0.25, 0.3) is 0 Å². The van der Waals surface area contributed by atoms with Gasteiger partial charge in [-0.2, -0.15) is 0 Å². The van der Waals surface area contributed by atoms with E-state index >= 15 is 0 Å². The number of hydrogen-bond acceptors (Lipinski definition) is 5. The van der Waals surface area contributed by atoms with Crippen LogP contribution in [0.3, 0.4) is 0 Å². The van der Waals surface area contributed by atoms with Gasteiger partial charge in [-0.05, 0) is 33.8 Å². The number of hydrogen-bond donors (Lipinski definition) is 0. The molecule has 0 N–H and O–H groups in total. The molecule has 0 spiro atoms. The number of benzene rings is 1. The molecule has 0 saturated carbocycles. The molecule has 0 radical (unpaired) electrons. The molecule has 2 aliphatic rings. The molecule has 2 heterocycles. The van der Waals surface area contributed by atoms with E-state index in [1.165, 1.54) is 0 Å². The van der Waals surface area contributed by atoms with Crippen molar-refractivity contribution >= 4 is 17.1 Å². The summed E-state index contributed by atoms with van der Waals surface area (Å²) < 4.78 is 33.6. The van der Waals surface area contributed by atoms with Gasteiger partial charge in [0.25, 0.3) is 0 Å². The fourth-order valence-electron chi connectivity index (χ4n) is 4.95. The molecule has 0 amide bonds. The van der Waals surface area contributed by atoms with Crippen LogP contribution in [0.15, 0.2) is 42.7 Å². The summed E-state index contributed by atoms with van der Waals surface area (Å²) in [5, 5.41) is 0. The standard InChI is InChI=1S/C25H42O5Si2/c1-18(2)31(19(3)4)28-17-24-25(29-32(30-31,20(5)6)21(7)8)23(14-15-26-24)27-16-22-12-10-9-11-13-22/h9-15,18-21,23-25H,16-17H2,1-8H3/t23-,24-,25+/m1/s1. The Hall–Kier alpha value is -0.966. The molecular formula is C25H42O5Si2. The van der Waals surface area contributed by atoms with E-state index in [-0.39, 0.29) is 29.4 Å². The summed E-state index contributed by atoms with van der Waals surface area (Å²) in [6, 6.07) is 10.3. The van der Waals surface area contributed by atoms with E-state index in [9.17, 15) is 0 Å². The maximum absolute atomic E-state index is 7.27. The minimum absolute atomic E-state index is 0.210. The van der Waals surface area contributed by atoms with Crippen LogP contribution in [-0.4, -0.2) is 42.0 Å². The molecule has 32 heavy (non-hydrogen) atoms. The smallest absolute Gasteiger partial charge is 0.335 e. The minimum atomic E-state index is -2.70. The van der Waals surface area contributed by atoms with E-state index in [2.05, 4.69) is 67.5 Å². The van der Waals surface area contributed by atoms with Crippen molar-refractivity contribution in [2.24, 2.45) is 0 Å². The molecular weight excluding hydrogens is 436 g/mol. The van der Waals surface area contributed by atoms with E-state index in [1.54, 1.807) is 6.26 Å². The Morgan fingerprint density at radius 2 is 1.47 bits per heavy atom. The molecule has 5 nitrogen and oxygen atoms in total. The maximum Gasteiger partial charge on any atom is 0.335 e. The van der Waals surface area contributed by atoms with Crippen LogP contribution in [0.1, 0.15) is 61.0 Å². The van der Waals surface area contributed by atoms with Gasteiger partial charge in [0, 0.05) is 0 Å². The van der Waals surface area contributed by atoms with Crippen molar-refractivity contribution < 1.29 is 22.4 Å². The van der Waals surface area contributed by atoms with Crippen LogP contribution in [0.2, 0.25) is 22.2 Å². The zero-order valence-corrected chi connectivity index (χ0v) is 23.0. The number of fused-ring (bicyclic) bond motifs is 1. The fourth-order valence-corrected chi connectivity index (χ4v) is 16.2. The van der Waals surface area contributed by atoms with E-state index in [0.29, 0.717) is 24.3 Å². The monoisotopic (exact) mass is 478 g/mol. The average Bonchev–Trinajstić information content (AvgIpc) is 2.73. The summed E-state index contributed by atoms with van der Waals surface area (Å²) in [7, 11) is -5.26. The largest absolute Gasteiger partial charge is 0.493 e. The summed E-state index contributed by atoms with van der Waals surface area (Å²) in [4.78, 5) is 0. The van der Waals surface area contributed by atoms with E-state index in [0.717, 1.165) is 5.56 Å². The van der Waals surface area contributed by atoms with Crippen molar-refractivity contribution in [2.75, 3.05) is 6.61 Å². The Morgan fingerprint density at radius 1 is 0.875 bits per heavy atom. The van der Waals surface area contributed by atoms with Gasteiger partial charge in [-0.15, -0.1) is 0 Å². The Balaban J connectivity index is 1.95. The first kappa shape index (κ1) is 25.7. The molecule has 7 heteroatoms. The molecule has 1 aromatic carbocycles. The van der Waals surface area contributed by atoms with Crippen molar-refractivity contribution in [2.45, 2.75) is 102 Å². The third-order valence-corrected chi connectivity index (χ3v) is 17.1. The second kappa shape index (κ2) is 10.5. The van der Waals surface area contributed by atoms with E-state index in [1.807, 2.05) is 24.3 Å². The first-order valence-corrected chi connectivity index (χ1v) is 16.1. The Kier molecular flexibility index (Phi) is 8.44. The van der Waals surface area contributed by atoms with Crippen molar-refractivity contribution in [3.63, 3.8) is 0 Å². The third kappa shape index (κ3) is 5.08. The van der Waals surface area contributed by atoms with Crippen LogP contribution in [0, 0.1) is 0 Å². The van der Waals surface area contributed by atoms with Crippen molar-refractivity contribution in [3.8, 4) is 0 Å². The number of rotatable bonds is 7. The van der Waals surface area contributed by atoms with Gasteiger partial charge in [0.05, 0.1) is 19.5 Å². The molecule has 1 saturated heterocycles. The lowest BCUT2D eigenvalue weighted by Gasteiger charge is -2.53. The van der Waals surface area contributed by atoms with Gasteiger partial charge < -0.3 is 22.4 Å². The molecule has 1 aromatic rings. The lowest BCUT2D eigenvalue weighted by Crippen LogP contribution is -2.67. The van der Waals surface area contributed by atoms with E-state index in [4.69, 9.17) is 22.4 Å². The second-order valence-electron chi connectivity index (χ2n) is 10.3. The normalized spacial score (nSPS) is 27.3. The van der Waals surface area contributed by atoms with Crippen LogP contribution >= 0.6 is 0 Å². The second-order valence-corrected chi connectivity index (χ2v) is 19.2. The highest BCUT2D eigenvalue weighted by atomic mass is 28.5. The van der Waals surface area contributed by atoms with Gasteiger partial charge in [-0.1, -0.05) is 85.7 Å². The zero-order chi connectivity index (χ0) is 23.5. The van der Waals surface area contributed by atoms with Crippen molar-refractivity contribution in [1.29, 1.82) is 0 Å².